The van der Waals surface area contributed by atoms with Gasteiger partial charge in [-0.25, -0.2) is 4.79 Å². The molecule has 0 aromatic carbocycles. The lowest BCUT2D eigenvalue weighted by molar-refractivity contribution is -0.148. The summed E-state index contributed by atoms with van der Waals surface area (Å²) in [4.78, 5) is 10.5. The van der Waals surface area contributed by atoms with Gasteiger partial charge in [0, 0.05) is 6.08 Å². The molecule has 0 aliphatic heterocycles. The first-order valence-electron chi connectivity index (χ1n) is 7.33. The topological polar surface area (TPSA) is 26.3 Å². The maximum absolute atomic E-state index is 10.5. The SMILES string of the molecule is C=CC(=O)OC(C)(C)C.C=CCCCCCCCC. The van der Waals surface area contributed by atoms with Crippen molar-refractivity contribution in [3.63, 3.8) is 0 Å². The van der Waals surface area contributed by atoms with Crippen molar-refractivity contribution in [1.82, 2.24) is 0 Å². The van der Waals surface area contributed by atoms with Crippen LogP contribution >= 0.6 is 0 Å². The van der Waals surface area contributed by atoms with E-state index in [1.807, 2.05) is 26.8 Å². The van der Waals surface area contributed by atoms with Crippen molar-refractivity contribution in [3.05, 3.63) is 25.3 Å². The molecule has 0 aliphatic rings. The Labute approximate surface area is 119 Å². The van der Waals surface area contributed by atoms with E-state index in [0.717, 1.165) is 6.08 Å². The van der Waals surface area contributed by atoms with E-state index in [1.54, 1.807) is 0 Å². The van der Waals surface area contributed by atoms with Gasteiger partial charge in [0.15, 0.2) is 0 Å². The van der Waals surface area contributed by atoms with Crippen molar-refractivity contribution in [1.29, 1.82) is 0 Å². The highest BCUT2D eigenvalue weighted by Crippen LogP contribution is 2.07. The largest absolute Gasteiger partial charge is 0.457 e. The number of hydrogen-bond acceptors (Lipinski definition) is 2. The Morgan fingerprint density at radius 1 is 1.05 bits per heavy atom. The molecule has 0 amide bonds. The summed E-state index contributed by atoms with van der Waals surface area (Å²) >= 11 is 0. The van der Waals surface area contributed by atoms with E-state index in [9.17, 15) is 4.79 Å². The molecular formula is C17H32O2. The zero-order valence-electron chi connectivity index (χ0n) is 13.3. The van der Waals surface area contributed by atoms with E-state index >= 15 is 0 Å². The molecule has 0 rings (SSSR count). The minimum absolute atomic E-state index is 0.373. The van der Waals surface area contributed by atoms with Crippen molar-refractivity contribution < 1.29 is 9.53 Å². The van der Waals surface area contributed by atoms with Gasteiger partial charge in [0.05, 0.1) is 0 Å². The Balaban J connectivity index is 0. The van der Waals surface area contributed by atoms with E-state index in [4.69, 9.17) is 4.74 Å². The van der Waals surface area contributed by atoms with Crippen LogP contribution in [0.3, 0.4) is 0 Å². The third-order valence-electron chi connectivity index (χ3n) is 2.34. The number of ether oxygens (including phenoxy) is 1. The molecule has 0 fully saturated rings. The second kappa shape index (κ2) is 13.4. The molecule has 0 aromatic rings. The van der Waals surface area contributed by atoms with Crippen LogP contribution in [0.1, 0.15) is 72.6 Å². The van der Waals surface area contributed by atoms with Crippen LogP contribution < -0.4 is 0 Å². The van der Waals surface area contributed by atoms with Crippen LogP contribution in [0.5, 0.6) is 0 Å². The molecule has 0 unspecified atom stereocenters. The van der Waals surface area contributed by atoms with Gasteiger partial charge in [0.25, 0.3) is 0 Å². The molecule has 2 nitrogen and oxygen atoms in total. The minimum atomic E-state index is -0.398. The lowest BCUT2D eigenvalue weighted by Crippen LogP contribution is -2.22. The molecule has 19 heavy (non-hydrogen) atoms. The molecule has 0 saturated carbocycles. The van der Waals surface area contributed by atoms with Gasteiger partial charge in [-0.3, -0.25) is 0 Å². The highest BCUT2D eigenvalue weighted by Gasteiger charge is 2.12. The van der Waals surface area contributed by atoms with Gasteiger partial charge < -0.3 is 4.74 Å². The fourth-order valence-corrected chi connectivity index (χ4v) is 1.41. The Morgan fingerprint density at radius 2 is 1.58 bits per heavy atom. The summed E-state index contributed by atoms with van der Waals surface area (Å²) in [7, 11) is 0. The van der Waals surface area contributed by atoms with E-state index in [2.05, 4.69) is 20.1 Å². The van der Waals surface area contributed by atoms with Gasteiger partial charge in [-0.2, -0.15) is 0 Å². The second-order valence-electron chi connectivity index (χ2n) is 5.58. The van der Waals surface area contributed by atoms with Crippen LogP contribution in [0.4, 0.5) is 0 Å². The van der Waals surface area contributed by atoms with Crippen LogP contribution in [0.25, 0.3) is 0 Å². The van der Waals surface area contributed by atoms with Crippen molar-refractivity contribution in [2.45, 2.75) is 78.2 Å². The van der Waals surface area contributed by atoms with Crippen LogP contribution in [0.2, 0.25) is 0 Å². The van der Waals surface area contributed by atoms with Crippen molar-refractivity contribution in [2.24, 2.45) is 0 Å². The summed E-state index contributed by atoms with van der Waals surface area (Å²) in [5.74, 6) is -0.373. The monoisotopic (exact) mass is 268 g/mol. The zero-order valence-corrected chi connectivity index (χ0v) is 13.3. The quantitative estimate of drug-likeness (QED) is 0.254. The number of carbonyl (C=O) groups is 1. The molecule has 2 heteroatoms. The average molecular weight is 268 g/mol. The number of esters is 1. The van der Waals surface area contributed by atoms with E-state index < -0.39 is 5.60 Å². The highest BCUT2D eigenvalue weighted by atomic mass is 16.6. The first-order chi connectivity index (χ1) is 8.87. The molecule has 0 aromatic heterocycles. The number of rotatable bonds is 8. The third-order valence-corrected chi connectivity index (χ3v) is 2.34. The molecular weight excluding hydrogens is 236 g/mol. The predicted molar refractivity (Wildman–Crippen MR) is 84.2 cm³/mol. The molecule has 0 radical (unpaired) electrons. The molecule has 0 N–H and O–H groups in total. The lowest BCUT2D eigenvalue weighted by Gasteiger charge is -2.17. The molecule has 0 saturated heterocycles. The summed E-state index contributed by atoms with van der Waals surface area (Å²) in [5, 5.41) is 0. The zero-order chi connectivity index (χ0) is 15.1. The van der Waals surface area contributed by atoms with Gasteiger partial charge in [0.1, 0.15) is 5.60 Å². The van der Waals surface area contributed by atoms with Gasteiger partial charge in [-0.15, -0.1) is 6.58 Å². The van der Waals surface area contributed by atoms with Gasteiger partial charge in [0.2, 0.25) is 0 Å². The van der Waals surface area contributed by atoms with Crippen molar-refractivity contribution >= 4 is 5.97 Å². The van der Waals surface area contributed by atoms with Crippen molar-refractivity contribution in [2.75, 3.05) is 0 Å². The maximum atomic E-state index is 10.5. The average Bonchev–Trinajstić information content (AvgIpc) is 2.32. The number of unbranched alkanes of at least 4 members (excludes halogenated alkanes) is 6. The number of allylic oxidation sites excluding steroid dienone is 1. The fourth-order valence-electron chi connectivity index (χ4n) is 1.41. The van der Waals surface area contributed by atoms with Gasteiger partial charge in [-0.1, -0.05) is 51.7 Å². The molecule has 0 heterocycles. The summed E-state index contributed by atoms with van der Waals surface area (Å²) in [5.41, 5.74) is -0.398. The van der Waals surface area contributed by atoms with Gasteiger partial charge >= 0.3 is 5.97 Å². The molecule has 0 atom stereocenters. The van der Waals surface area contributed by atoms with E-state index in [-0.39, 0.29) is 5.97 Å². The number of carbonyl (C=O) groups excluding carboxylic acids is 1. The molecule has 0 spiro atoms. The second-order valence-corrected chi connectivity index (χ2v) is 5.58. The summed E-state index contributed by atoms with van der Waals surface area (Å²) in [6, 6.07) is 0. The first-order valence-corrected chi connectivity index (χ1v) is 7.33. The van der Waals surface area contributed by atoms with Crippen LogP contribution in [-0.2, 0) is 9.53 Å². The van der Waals surface area contributed by atoms with E-state index in [1.165, 1.54) is 44.9 Å². The molecule has 0 aliphatic carbocycles. The lowest BCUT2D eigenvalue weighted by atomic mass is 10.1. The molecule has 112 valence electrons. The standard InChI is InChI=1S/C10H20.C7H12O2/c1-3-5-7-9-10-8-6-4-2;1-5-6(8)9-7(2,3)4/h3H,1,4-10H2,2H3;5H,1H2,2-4H3. The number of hydrogen-bond donors (Lipinski definition) is 0. The molecule has 0 bridgehead atoms. The Kier molecular flexibility index (Phi) is 14.3. The minimum Gasteiger partial charge on any atom is -0.457 e. The Bertz CT molecular complexity index is 236. The van der Waals surface area contributed by atoms with Crippen LogP contribution in [-0.4, -0.2) is 11.6 Å². The van der Waals surface area contributed by atoms with Crippen molar-refractivity contribution in [3.8, 4) is 0 Å². The van der Waals surface area contributed by atoms with Crippen LogP contribution in [0.15, 0.2) is 25.3 Å². The Hall–Kier alpha value is -1.05. The predicted octanol–water partition coefficient (Wildman–Crippen LogP) is 5.44. The Morgan fingerprint density at radius 3 is 1.95 bits per heavy atom. The normalized spacial score (nSPS) is 10.1. The smallest absolute Gasteiger partial charge is 0.330 e. The summed E-state index contributed by atoms with van der Waals surface area (Å²) in [6.45, 7) is 14.7. The van der Waals surface area contributed by atoms with Gasteiger partial charge in [-0.05, 0) is 33.6 Å². The summed E-state index contributed by atoms with van der Waals surface area (Å²) in [6.07, 6.45) is 12.7. The highest BCUT2D eigenvalue weighted by molar-refractivity contribution is 5.81. The van der Waals surface area contributed by atoms with Crippen LogP contribution in [0, 0.1) is 0 Å². The fraction of sp³-hybridized carbons (Fsp3) is 0.706. The van der Waals surface area contributed by atoms with E-state index in [0.29, 0.717) is 0 Å². The first kappa shape index (κ1) is 20.3. The third kappa shape index (κ3) is 22.6. The maximum Gasteiger partial charge on any atom is 0.330 e. The summed E-state index contributed by atoms with van der Waals surface area (Å²) < 4.78 is 4.83.